The van der Waals surface area contributed by atoms with Gasteiger partial charge in [-0.15, -0.1) is 0 Å². The van der Waals surface area contributed by atoms with Crippen molar-refractivity contribution in [2.24, 2.45) is 0 Å². The Bertz CT molecular complexity index is 44.5. The molecule has 0 aliphatic carbocycles. The third-order valence-corrected chi connectivity index (χ3v) is 1.000. The smallest absolute Gasteiger partial charge is 0.0352 e. The van der Waals surface area contributed by atoms with Crippen molar-refractivity contribution in [3.05, 3.63) is 12.2 Å². The Morgan fingerprint density at radius 3 is 1.38 bits per heavy atom. The van der Waals surface area contributed by atoms with Crippen molar-refractivity contribution in [2.45, 2.75) is 26.7 Å². The van der Waals surface area contributed by atoms with E-state index in [1.165, 1.54) is 5.57 Å². The quantitative estimate of drug-likeness (QED) is 0.547. The van der Waals surface area contributed by atoms with Crippen LogP contribution < -0.4 is 12.3 Å². The third kappa shape index (κ3) is 9.18. The Labute approximate surface area is 52.1 Å². The summed E-state index contributed by atoms with van der Waals surface area (Å²) in [6.07, 6.45) is 2.27. The first kappa shape index (κ1) is 15.6. The van der Waals surface area contributed by atoms with Crippen LogP contribution in [0.15, 0.2) is 12.2 Å². The van der Waals surface area contributed by atoms with Crippen LogP contribution in [0.2, 0.25) is 0 Å². The van der Waals surface area contributed by atoms with E-state index in [9.17, 15) is 0 Å². The van der Waals surface area contributed by atoms with Gasteiger partial charge in [0.1, 0.15) is 0 Å². The zero-order chi connectivity index (χ0) is 4.99. The van der Waals surface area contributed by atoms with Gasteiger partial charge >= 0.3 is 0 Å². The van der Waals surface area contributed by atoms with Gasteiger partial charge < -0.3 is 12.3 Å². The summed E-state index contributed by atoms with van der Waals surface area (Å²) in [5.41, 5.74) is 1.34. The molecular formula is C6H18N2. The minimum absolute atomic E-state index is 0. The van der Waals surface area contributed by atoms with Crippen LogP contribution in [0.1, 0.15) is 26.7 Å². The number of rotatable bonds is 2. The summed E-state index contributed by atoms with van der Waals surface area (Å²) in [6.45, 7) is 8.05. The van der Waals surface area contributed by atoms with Crippen molar-refractivity contribution in [3.63, 3.8) is 0 Å². The Kier molecular flexibility index (Phi) is 19.2. The molecule has 8 heavy (non-hydrogen) atoms. The maximum Gasteiger partial charge on any atom is -0.0352 e. The van der Waals surface area contributed by atoms with Crippen LogP contribution in [0.3, 0.4) is 0 Å². The van der Waals surface area contributed by atoms with E-state index < -0.39 is 0 Å². The second-order valence-corrected chi connectivity index (χ2v) is 1.46. The fraction of sp³-hybridized carbons (Fsp3) is 0.667. The van der Waals surface area contributed by atoms with Crippen molar-refractivity contribution in [2.75, 3.05) is 0 Å². The van der Waals surface area contributed by atoms with Crippen molar-refractivity contribution in [1.82, 2.24) is 12.3 Å². The molecule has 52 valence electrons. The molecule has 0 saturated carbocycles. The molecule has 0 spiro atoms. The molecular weight excluding hydrogens is 100 g/mol. The molecule has 0 heterocycles. The fourth-order valence-electron chi connectivity index (χ4n) is 0.250. The van der Waals surface area contributed by atoms with Gasteiger partial charge in [0.2, 0.25) is 0 Å². The van der Waals surface area contributed by atoms with Gasteiger partial charge in [0.25, 0.3) is 0 Å². The van der Waals surface area contributed by atoms with E-state index in [0.717, 1.165) is 12.8 Å². The van der Waals surface area contributed by atoms with E-state index in [1.54, 1.807) is 0 Å². The van der Waals surface area contributed by atoms with Gasteiger partial charge in [-0.05, 0) is 12.8 Å². The Morgan fingerprint density at radius 2 is 1.38 bits per heavy atom. The molecule has 0 aliphatic rings. The lowest BCUT2D eigenvalue weighted by Crippen LogP contribution is -1.68. The number of allylic oxidation sites excluding steroid dienone is 1. The lowest BCUT2D eigenvalue weighted by molar-refractivity contribution is 0.986. The van der Waals surface area contributed by atoms with Gasteiger partial charge in [-0.25, -0.2) is 0 Å². The van der Waals surface area contributed by atoms with Gasteiger partial charge in [-0.2, -0.15) is 0 Å². The van der Waals surface area contributed by atoms with Gasteiger partial charge in [0, 0.05) is 0 Å². The van der Waals surface area contributed by atoms with E-state index >= 15 is 0 Å². The van der Waals surface area contributed by atoms with Crippen LogP contribution in [-0.4, -0.2) is 0 Å². The minimum atomic E-state index is 0. The average Bonchev–Trinajstić information content (AvgIpc) is 1.65. The molecule has 0 saturated heterocycles. The predicted molar refractivity (Wildman–Crippen MR) is 39.8 cm³/mol. The molecule has 0 unspecified atom stereocenters. The second kappa shape index (κ2) is 9.83. The van der Waals surface area contributed by atoms with Crippen LogP contribution in [0, 0.1) is 0 Å². The van der Waals surface area contributed by atoms with Crippen LogP contribution in [0.5, 0.6) is 0 Å². The van der Waals surface area contributed by atoms with Gasteiger partial charge in [0.15, 0.2) is 0 Å². The molecule has 0 aliphatic heterocycles. The molecule has 0 aromatic carbocycles. The third-order valence-electron chi connectivity index (χ3n) is 1.000. The zero-order valence-corrected chi connectivity index (χ0v) is 6.04. The predicted octanol–water partition coefficient (Wildman–Crippen LogP) is 2.69. The molecule has 0 rings (SSSR count). The standard InChI is InChI=1S/C6H12.2H3N/c1-4-6(3)5-2;;/h3-5H2,1-2H3;2*1H3. The Hall–Kier alpha value is -0.340. The average molecular weight is 118 g/mol. The molecule has 0 aromatic heterocycles. The number of hydrogen-bond donors (Lipinski definition) is 2. The fourth-order valence-corrected chi connectivity index (χ4v) is 0.250. The lowest BCUT2D eigenvalue weighted by Gasteiger charge is -1.89. The van der Waals surface area contributed by atoms with Crippen LogP contribution in [-0.2, 0) is 0 Å². The Morgan fingerprint density at radius 1 is 1.12 bits per heavy atom. The summed E-state index contributed by atoms with van der Waals surface area (Å²) < 4.78 is 0. The van der Waals surface area contributed by atoms with Crippen LogP contribution in [0.25, 0.3) is 0 Å². The van der Waals surface area contributed by atoms with Crippen molar-refractivity contribution in [3.8, 4) is 0 Å². The van der Waals surface area contributed by atoms with Crippen LogP contribution >= 0.6 is 0 Å². The second-order valence-electron chi connectivity index (χ2n) is 1.46. The van der Waals surface area contributed by atoms with E-state index in [-0.39, 0.29) is 12.3 Å². The van der Waals surface area contributed by atoms with E-state index in [1.807, 2.05) is 0 Å². The maximum atomic E-state index is 3.79. The van der Waals surface area contributed by atoms with Crippen molar-refractivity contribution < 1.29 is 0 Å². The molecule has 6 N–H and O–H groups in total. The van der Waals surface area contributed by atoms with E-state index in [2.05, 4.69) is 20.4 Å². The summed E-state index contributed by atoms with van der Waals surface area (Å²) in [5, 5.41) is 0. The highest BCUT2D eigenvalue weighted by atomic mass is 14.0. The Balaban J connectivity index is -0.000000125. The molecule has 0 bridgehead atoms. The van der Waals surface area contributed by atoms with Gasteiger partial charge in [-0.1, -0.05) is 26.0 Å². The largest absolute Gasteiger partial charge is 0.344 e. The lowest BCUT2D eigenvalue weighted by atomic mass is 10.2. The molecule has 0 fully saturated rings. The SMILES string of the molecule is C=C(CC)CC.N.N. The molecule has 0 amide bonds. The molecule has 2 nitrogen and oxygen atoms in total. The van der Waals surface area contributed by atoms with E-state index in [4.69, 9.17) is 0 Å². The minimum Gasteiger partial charge on any atom is -0.344 e. The van der Waals surface area contributed by atoms with Crippen LogP contribution in [0.4, 0.5) is 0 Å². The topological polar surface area (TPSA) is 70.0 Å². The van der Waals surface area contributed by atoms with Gasteiger partial charge in [-0.3, -0.25) is 0 Å². The zero-order valence-electron chi connectivity index (χ0n) is 6.04. The normalized spacial score (nSPS) is 6.25. The monoisotopic (exact) mass is 118 g/mol. The van der Waals surface area contributed by atoms with Gasteiger partial charge in [0.05, 0.1) is 0 Å². The molecule has 0 atom stereocenters. The highest BCUT2D eigenvalue weighted by Crippen LogP contribution is 1.98. The number of hydrogen-bond acceptors (Lipinski definition) is 2. The molecule has 0 aromatic rings. The maximum absolute atomic E-state index is 3.79. The van der Waals surface area contributed by atoms with Crippen molar-refractivity contribution in [1.29, 1.82) is 0 Å². The summed E-state index contributed by atoms with van der Waals surface area (Å²) in [4.78, 5) is 0. The summed E-state index contributed by atoms with van der Waals surface area (Å²) >= 11 is 0. The highest BCUT2D eigenvalue weighted by molar-refractivity contribution is 4.89. The highest BCUT2D eigenvalue weighted by Gasteiger charge is 1.78. The van der Waals surface area contributed by atoms with Crippen molar-refractivity contribution >= 4 is 0 Å². The van der Waals surface area contributed by atoms with E-state index in [0.29, 0.717) is 0 Å². The summed E-state index contributed by atoms with van der Waals surface area (Å²) in [6, 6.07) is 0. The first-order valence-corrected chi connectivity index (χ1v) is 2.47. The molecule has 2 heteroatoms. The first-order valence-electron chi connectivity index (χ1n) is 2.47. The summed E-state index contributed by atoms with van der Waals surface area (Å²) in [5.74, 6) is 0. The molecule has 0 radical (unpaired) electrons. The first-order chi connectivity index (χ1) is 2.81. The summed E-state index contributed by atoms with van der Waals surface area (Å²) in [7, 11) is 0.